The molecule has 6 heteroatoms. The Morgan fingerprint density at radius 2 is 1.95 bits per heavy atom. The van der Waals surface area contributed by atoms with E-state index in [2.05, 4.69) is 10.3 Å². The smallest absolute Gasteiger partial charge is 0.348 e. The Labute approximate surface area is 133 Å². The Balaban J connectivity index is 2.07. The molecule has 0 radical (unpaired) electrons. The number of amides is 1. The molecule has 2 rings (SSSR count). The molecule has 0 bridgehead atoms. The van der Waals surface area contributed by atoms with E-state index in [4.69, 9.17) is 4.74 Å². The number of aromatic nitrogens is 1. The summed E-state index contributed by atoms with van der Waals surface area (Å²) in [6, 6.07) is 3.74. The van der Waals surface area contributed by atoms with Gasteiger partial charge in [0.05, 0.1) is 0 Å². The van der Waals surface area contributed by atoms with Crippen LogP contribution >= 0.6 is 11.3 Å². The van der Waals surface area contributed by atoms with Crippen LogP contribution in [0.4, 0.5) is 0 Å². The molecule has 1 amide bonds. The van der Waals surface area contributed by atoms with Gasteiger partial charge in [-0.2, -0.15) is 0 Å². The highest BCUT2D eigenvalue weighted by Crippen LogP contribution is 2.27. The quantitative estimate of drug-likeness (QED) is 0.883. The van der Waals surface area contributed by atoms with Crippen LogP contribution in [0, 0.1) is 13.8 Å². The molecule has 0 saturated carbocycles. The second-order valence-corrected chi connectivity index (χ2v) is 7.31. The zero-order valence-electron chi connectivity index (χ0n) is 13.4. The summed E-state index contributed by atoms with van der Waals surface area (Å²) in [6.07, 6.45) is 0. The van der Waals surface area contributed by atoms with Crippen molar-refractivity contribution in [3.8, 4) is 0 Å². The van der Waals surface area contributed by atoms with Crippen molar-refractivity contribution in [2.75, 3.05) is 6.61 Å². The first kappa shape index (κ1) is 16.4. The first-order chi connectivity index (χ1) is 10.2. The SMILES string of the molecule is Cc1cc(C)c2cc(C(=O)OCC(=O)NC(C)(C)C)sc2n1. The number of carbonyl (C=O) groups excluding carboxylic acids is 2. The van der Waals surface area contributed by atoms with Gasteiger partial charge in [-0.25, -0.2) is 9.78 Å². The molecule has 118 valence electrons. The number of nitrogens with zero attached hydrogens (tertiary/aromatic N) is 1. The van der Waals surface area contributed by atoms with Gasteiger partial charge in [0.25, 0.3) is 5.91 Å². The molecule has 0 unspecified atom stereocenters. The highest BCUT2D eigenvalue weighted by molar-refractivity contribution is 7.20. The molecular weight excluding hydrogens is 300 g/mol. The Bertz CT molecular complexity index is 729. The Kier molecular flexibility index (Phi) is 4.51. The van der Waals surface area contributed by atoms with Crippen molar-refractivity contribution < 1.29 is 14.3 Å². The van der Waals surface area contributed by atoms with E-state index < -0.39 is 5.97 Å². The minimum absolute atomic E-state index is 0.282. The number of hydrogen-bond donors (Lipinski definition) is 1. The van der Waals surface area contributed by atoms with Gasteiger partial charge in [-0.15, -0.1) is 11.3 Å². The predicted molar refractivity (Wildman–Crippen MR) is 87.3 cm³/mol. The molecule has 2 aromatic rings. The summed E-state index contributed by atoms with van der Waals surface area (Å²) in [7, 11) is 0. The lowest BCUT2D eigenvalue weighted by Gasteiger charge is -2.20. The summed E-state index contributed by atoms with van der Waals surface area (Å²) in [5, 5.41) is 3.69. The summed E-state index contributed by atoms with van der Waals surface area (Å²) in [6.45, 7) is 9.23. The van der Waals surface area contributed by atoms with Gasteiger partial charge in [0, 0.05) is 16.6 Å². The third-order valence-electron chi connectivity index (χ3n) is 2.89. The minimum Gasteiger partial charge on any atom is -0.451 e. The van der Waals surface area contributed by atoms with E-state index in [1.807, 2.05) is 40.7 Å². The van der Waals surface area contributed by atoms with E-state index in [-0.39, 0.29) is 18.1 Å². The summed E-state index contributed by atoms with van der Waals surface area (Å²) in [5.74, 6) is -0.809. The maximum absolute atomic E-state index is 12.1. The van der Waals surface area contributed by atoms with Crippen LogP contribution in [0.3, 0.4) is 0 Å². The predicted octanol–water partition coefficient (Wildman–Crippen LogP) is 2.98. The average molecular weight is 320 g/mol. The molecule has 1 N–H and O–H groups in total. The Morgan fingerprint density at radius 1 is 1.27 bits per heavy atom. The van der Waals surface area contributed by atoms with Gasteiger partial charge in [-0.3, -0.25) is 4.79 Å². The van der Waals surface area contributed by atoms with Crippen LogP contribution in [0.5, 0.6) is 0 Å². The summed E-state index contributed by atoms with van der Waals surface area (Å²) in [4.78, 5) is 29.4. The second-order valence-electron chi connectivity index (χ2n) is 6.28. The molecule has 0 spiro atoms. The monoisotopic (exact) mass is 320 g/mol. The fourth-order valence-corrected chi connectivity index (χ4v) is 3.13. The molecule has 0 aromatic carbocycles. The van der Waals surface area contributed by atoms with Crippen molar-refractivity contribution in [2.24, 2.45) is 0 Å². The molecule has 0 aliphatic rings. The van der Waals surface area contributed by atoms with Crippen LogP contribution in [-0.2, 0) is 9.53 Å². The molecule has 2 aromatic heterocycles. The topological polar surface area (TPSA) is 68.3 Å². The summed E-state index contributed by atoms with van der Waals surface area (Å²) in [5.41, 5.74) is 1.64. The first-order valence-corrected chi connectivity index (χ1v) is 7.83. The number of thiophene rings is 1. The number of pyridine rings is 1. The van der Waals surface area contributed by atoms with Gasteiger partial charge >= 0.3 is 5.97 Å². The van der Waals surface area contributed by atoms with Gasteiger partial charge in [0.1, 0.15) is 9.71 Å². The fourth-order valence-electron chi connectivity index (χ4n) is 2.09. The molecular formula is C16H20N2O3S. The molecule has 0 aliphatic heterocycles. The molecule has 22 heavy (non-hydrogen) atoms. The van der Waals surface area contributed by atoms with Crippen molar-refractivity contribution in [3.63, 3.8) is 0 Å². The van der Waals surface area contributed by atoms with Crippen molar-refractivity contribution >= 4 is 33.4 Å². The Morgan fingerprint density at radius 3 is 2.59 bits per heavy atom. The highest BCUT2D eigenvalue weighted by atomic mass is 32.1. The fraction of sp³-hybridized carbons (Fsp3) is 0.438. The van der Waals surface area contributed by atoms with E-state index in [1.54, 1.807) is 6.07 Å². The van der Waals surface area contributed by atoms with Crippen LogP contribution in [-0.4, -0.2) is 29.0 Å². The number of ether oxygens (including phenoxy) is 1. The number of rotatable bonds is 3. The molecule has 5 nitrogen and oxygen atoms in total. The maximum Gasteiger partial charge on any atom is 0.348 e. The zero-order valence-corrected chi connectivity index (χ0v) is 14.3. The first-order valence-electron chi connectivity index (χ1n) is 7.01. The Hall–Kier alpha value is -1.95. The van der Waals surface area contributed by atoms with Crippen LogP contribution in [0.1, 0.15) is 41.7 Å². The number of nitrogens with one attached hydrogen (secondary N) is 1. The second kappa shape index (κ2) is 6.04. The summed E-state index contributed by atoms with van der Waals surface area (Å²) < 4.78 is 5.07. The van der Waals surface area contributed by atoms with E-state index in [0.29, 0.717) is 4.88 Å². The highest BCUT2D eigenvalue weighted by Gasteiger charge is 2.18. The molecule has 0 fully saturated rings. The number of hydrogen-bond acceptors (Lipinski definition) is 5. The number of carbonyl (C=O) groups is 2. The number of fused-ring (bicyclic) bond motifs is 1. The largest absolute Gasteiger partial charge is 0.451 e. The van der Waals surface area contributed by atoms with Crippen LogP contribution < -0.4 is 5.32 Å². The third kappa shape index (κ3) is 4.04. The van der Waals surface area contributed by atoms with E-state index in [9.17, 15) is 9.59 Å². The van der Waals surface area contributed by atoms with E-state index in [1.165, 1.54) is 11.3 Å². The van der Waals surface area contributed by atoms with Crippen molar-refractivity contribution in [1.82, 2.24) is 10.3 Å². The average Bonchev–Trinajstić information content (AvgIpc) is 2.78. The molecule has 0 saturated heterocycles. The van der Waals surface area contributed by atoms with Gasteiger partial charge in [-0.1, -0.05) is 0 Å². The lowest BCUT2D eigenvalue weighted by Crippen LogP contribution is -2.42. The zero-order chi connectivity index (χ0) is 16.5. The van der Waals surface area contributed by atoms with E-state index >= 15 is 0 Å². The van der Waals surface area contributed by atoms with Gasteiger partial charge in [0.15, 0.2) is 6.61 Å². The van der Waals surface area contributed by atoms with Crippen LogP contribution in [0.15, 0.2) is 12.1 Å². The lowest BCUT2D eigenvalue weighted by atomic mass is 10.1. The van der Waals surface area contributed by atoms with Crippen LogP contribution in [0.2, 0.25) is 0 Å². The normalized spacial score (nSPS) is 11.5. The van der Waals surface area contributed by atoms with Crippen molar-refractivity contribution in [3.05, 3.63) is 28.3 Å². The molecule has 2 heterocycles. The van der Waals surface area contributed by atoms with Crippen molar-refractivity contribution in [2.45, 2.75) is 40.2 Å². The standard InChI is InChI=1S/C16H20N2O3S/c1-9-6-10(2)17-14-11(9)7-12(22-14)15(20)21-8-13(19)18-16(3,4)5/h6-7H,8H2,1-5H3,(H,18,19). The molecule has 0 atom stereocenters. The number of esters is 1. The maximum atomic E-state index is 12.1. The number of aryl methyl sites for hydroxylation is 2. The lowest BCUT2D eigenvalue weighted by molar-refractivity contribution is -0.125. The van der Waals surface area contributed by atoms with Crippen molar-refractivity contribution in [1.29, 1.82) is 0 Å². The van der Waals surface area contributed by atoms with Gasteiger partial charge < -0.3 is 10.1 Å². The minimum atomic E-state index is -0.496. The van der Waals surface area contributed by atoms with E-state index in [0.717, 1.165) is 21.5 Å². The van der Waals surface area contributed by atoms with Crippen LogP contribution in [0.25, 0.3) is 10.2 Å². The van der Waals surface area contributed by atoms with Gasteiger partial charge in [-0.05, 0) is 52.3 Å². The molecule has 0 aliphatic carbocycles. The van der Waals surface area contributed by atoms with Gasteiger partial charge in [0.2, 0.25) is 0 Å². The third-order valence-corrected chi connectivity index (χ3v) is 3.90. The summed E-state index contributed by atoms with van der Waals surface area (Å²) >= 11 is 1.28.